The Morgan fingerprint density at radius 2 is 1.32 bits per heavy atom. The summed E-state index contributed by atoms with van der Waals surface area (Å²) < 4.78 is 10.7. The average Bonchev–Trinajstić information content (AvgIpc) is 2.44. The molecular weight excluding hydrogens is 236 g/mol. The maximum Gasteiger partial charge on any atom is 0.164 e. The Labute approximate surface area is 120 Å². The molecule has 0 N–H and O–H groups in total. The Hall–Kier alpha value is -0.340. The molecule has 2 nitrogen and oxygen atoms in total. The topological polar surface area (TPSA) is 18.5 Å². The number of rotatable bonds is 13. The van der Waals surface area contributed by atoms with Crippen molar-refractivity contribution in [2.24, 2.45) is 0 Å². The summed E-state index contributed by atoms with van der Waals surface area (Å²) >= 11 is 0. The standard InChI is InChI=1S/C17H34O2/c1-5-6-7-8-9-10-11-12-13-14-15-16-17(2,18-3)19-4/h8-9H,5-7,10-16H2,1-4H3/b9-8+. The smallest absolute Gasteiger partial charge is 0.164 e. The molecule has 0 atom stereocenters. The van der Waals surface area contributed by atoms with Gasteiger partial charge in [0.05, 0.1) is 0 Å². The molecule has 0 rings (SSSR count). The molecule has 0 aliphatic rings. The van der Waals surface area contributed by atoms with E-state index in [1.165, 1.54) is 57.8 Å². The molecule has 19 heavy (non-hydrogen) atoms. The molecule has 0 aromatic rings. The van der Waals surface area contributed by atoms with Crippen LogP contribution in [0, 0.1) is 0 Å². The van der Waals surface area contributed by atoms with Crippen molar-refractivity contribution < 1.29 is 9.47 Å². The molecule has 0 aliphatic carbocycles. The number of methoxy groups -OCH3 is 2. The van der Waals surface area contributed by atoms with E-state index in [1.807, 2.05) is 6.92 Å². The van der Waals surface area contributed by atoms with Crippen LogP contribution in [0.2, 0.25) is 0 Å². The second-order valence-corrected chi connectivity index (χ2v) is 5.46. The van der Waals surface area contributed by atoms with Gasteiger partial charge >= 0.3 is 0 Å². The normalized spacial score (nSPS) is 12.4. The Morgan fingerprint density at radius 1 is 0.789 bits per heavy atom. The van der Waals surface area contributed by atoms with E-state index in [0.29, 0.717) is 0 Å². The van der Waals surface area contributed by atoms with Crippen LogP contribution in [0.15, 0.2) is 12.2 Å². The van der Waals surface area contributed by atoms with Gasteiger partial charge in [0.1, 0.15) is 0 Å². The van der Waals surface area contributed by atoms with Gasteiger partial charge in [0.2, 0.25) is 0 Å². The van der Waals surface area contributed by atoms with E-state index in [9.17, 15) is 0 Å². The number of hydrogen-bond acceptors (Lipinski definition) is 2. The maximum absolute atomic E-state index is 5.35. The van der Waals surface area contributed by atoms with Gasteiger partial charge in [-0.25, -0.2) is 0 Å². The molecule has 0 unspecified atom stereocenters. The lowest BCUT2D eigenvalue weighted by Gasteiger charge is -2.26. The third-order valence-corrected chi connectivity index (χ3v) is 3.76. The molecule has 0 saturated heterocycles. The fourth-order valence-corrected chi connectivity index (χ4v) is 2.08. The molecule has 2 heteroatoms. The van der Waals surface area contributed by atoms with E-state index in [1.54, 1.807) is 14.2 Å². The van der Waals surface area contributed by atoms with Gasteiger partial charge in [0, 0.05) is 20.6 Å². The monoisotopic (exact) mass is 270 g/mol. The van der Waals surface area contributed by atoms with Crippen LogP contribution in [0.3, 0.4) is 0 Å². The molecule has 114 valence electrons. The first kappa shape index (κ1) is 18.7. The minimum absolute atomic E-state index is 0.387. The Kier molecular flexibility index (Phi) is 12.5. The van der Waals surface area contributed by atoms with Crippen molar-refractivity contribution in [3.8, 4) is 0 Å². The van der Waals surface area contributed by atoms with E-state index in [2.05, 4.69) is 19.1 Å². The highest BCUT2D eigenvalue weighted by atomic mass is 16.7. The summed E-state index contributed by atoms with van der Waals surface area (Å²) in [5.41, 5.74) is 0. The summed E-state index contributed by atoms with van der Waals surface area (Å²) in [5, 5.41) is 0. The van der Waals surface area contributed by atoms with Gasteiger partial charge in [0.25, 0.3) is 0 Å². The summed E-state index contributed by atoms with van der Waals surface area (Å²) in [5.74, 6) is -0.387. The van der Waals surface area contributed by atoms with Crippen molar-refractivity contribution in [3.05, 3.63) is 12.2 Å². The zero-order valence-corrected chi connectivity index (χ0v) is 13.5. The number of unbranched alkanes of at least 4 members (excludes halogenated alkanes) is 7. The fourth-order valence-electron chi connectivity index (χ4n) is 2.08. The second-order valence-electron chi connectivity index (χ2n) is 5.46. The molecule has 0 spiro atoms. The van der Waals surface area contributed by atoms with Gasteiger partial charge in [-0.1, -0.05) is 51.2 Å². The molecule has 0 saturated carbocycles. The van der Waals surface area contributed by atoms with Gasteiger partial charge < -0.3 is 9.47 Å². The lowest BCUT2D eigenvalue weighted by Crippen LogP contribution is -2.29. The summed E-state index contributed by atoms with van der Waals surface area (Å²) in [6, 6.07) is 0. The minimum Gasteiger partial charge on any atom is -0.353 e. The third-order valence-electron chi connectivity index (χ3n) is 3.76. The molecule has 0 amide bonds. The van der Waals surface area contributed by atoms with Crippen molar-refractivity contribution >= 4 is 0 Å². The van der Waals surface area contributed by atoms with Crippen molar-refractivity contribution in [3.63, 3.8) is 0 Å². The second kappa shape index (κ2) is 12.7. The summed E-state index contributed by atoms with van der Waals surface area (Å²) in [4.78, 5) is 0. The van der Waals surface area contributed by atoms with Crippen LogP contribution >= 0.6 is 0 Å². The van der Waals surface area contributed by atoms with Crippen molar-refractivity contribution in [1.82, 2.24) is 0 Å². The zero-order chi connectivity index (χ0) is 14.4. The summed E-state index contributed by atoms with van der Waals surface area (Å²) in [6.07, 6.45) is 17.3. The van der Waals surface area contributed by atoms with Gasteiger partial charge in [-0.3, -0.25) is 0 Å². The zero-order valence-electron chi connectivity index (χ0n) is 13.5. The first-order valence-corrected chi connectivity index (χ1v) is 7.94. The van der Waals surface area contributed by atoms with Crippen LogP contribution in [-0.2, 0) is 9.47 Å². The Balaban J connectivity index is 3.29. The lowest BCUT2D eigenvalue weighted by molar-refractivity contribution is -0.197. The van der Waals surface area contributed by atoms with Crippen LogP contribution < -0.4 is 0 Å². The Morgan fingerprint density at radius 3 is 1.89 bits per heavy atom. The molecule has 0 radical (unpaired) electrons. The number of ether oxygens (including phenoxy) is 2. The van der Waals surface area contributed by atoms with Gasteiger partial charge in [0.15, 0.2) is 5.79 Å². The van der Waals surface area contributed by atoms with Gasteiger partial charge in [-0.2, -0.15) is 0 Å². The van der Waals surface area contributed by atoms with Crippen LogP contribution in [0.5, 0.6) is 0 Å². The maximum atomic E-state index is 5.35. The molecule has 0 aliphatic heterocycles. The first-order valence-electron chi connectivity index (χ1n) is 7.94. The van der Waals surface area contributed by atoms with E-state index in [0.717, 1.165) is 6.42 Å². The first-order chi connectivity index (χ1) is 9.18. The van der Waals surface area contributed by atoms with Crippen molar-refractivity contribution in [1.29, 1.82) is 0 Å². The highest BCUT2D eigenvalue weighted by Crippen LogP contribution is 2.19. The fraction of sp³-hybridized carbons (Fsp3) is 0.882. The minimum atomic E-state index is -0.387. The van der Waals surface area contributed by atoms with Gasteiger partial charge in [-0.05, 0) is 32.6 Å². The highest BCUT2D eigenvalue weighted by Gasteiger charge is 2.21. The van der Waals surface area contributed by atoms with E-state index >= 15 is 0 Å². The highest BCUT2D eigenvalue weighted by molar-refractivity contribution is 4.81. The predicted molar refractivity (Wildman–Crippen MR) is 83.4 cm³/mol. The molecule has 0 fully saturated rings. The predicted octanol–water partition coefficient (Wildman–Crippen LogP) is 5.47. The summed E-state index contributed by atoms with van der Waals surface area (Å²) in [6.45, 7) is 4.25. The summed E-state index contributed by atoms with van der Waals surface area (Å²) in [7, 11) is 3.43. The van der Waals surface area contributed by atoms with Crippen LogP contribution in [0.25, 0.3) is 0 Å². The van der Waals surface area contributed by atoms with Gasteiger partial charge in [-0.15, -0.1) is 0 Å². The molecule has 0 aromatic heterocycles. The number of allylic oxidation sites excluding steroid dienone is 2. The molecule has 0 bridgehead atoms. The molecule has 0 heterocycles. The largest absolute Gasteiger partial charge is 0.353 e. The average molecular weight is 270 g/mol. The van der Waals surface area contributed by atoms with Crippen molar-refractivity contribution in [2.75, 3.05) is 14.2 Å². The van der Waals surface area contributed by atoms with Crippen LogP contribution in [-0.4, -0.2) is 20.0 Å². The lowest BCUT2D eigenvalue weighted by atomic mass is 10.1. The van der Waals surface area contributed by atoms with E-state index in [4.69, 9.17) is 9.47 Å². The van der Waals surface area contributed by atoms with Crippen molar-refractivity contribution in [2.45, 2.75) is 83.8 Å². The third kappa shape index (κ3) is 11.2. The van der Waals surface area contributed by atoms with E-state index < -0.39 is 0 Å². The SMILES string of the molecule is CCCC/C=C/CCCCCCCC(C)(OC)OC. The molecule has 0 aromatic carbocycles. The van der Waals surface area contributed by atoms with Crippen LogP contribution in [0.1, 0.15) is 78.1 Å². The number of hydrogen-bond donors (Lipinski definition) is 0. The van der Waals surface area contributed by atoms with Crippen LogP contribution in [0.4, 0.5) is 0 Å². The Bertz CT molecular complexity index is 207. The molecular formula is C17H34O2. The van der Waals surface area contributed by atoms with E-state index in [-0.39, 0.29) is 5.79 Å². The quantitative estimate of drug-likeness (QED) is 0.251.